The van der Waals surface area contributed by atoms with Gasteiger partial charge >= 0.3 is 5.97 Å². The summed E-state index contributed by atoms with van der Waals surface area (Å²) < 4.78 is 16.3. The van der Waals surface area contributed by atoms with E-state index in [1.54, 1.807) is 6.07 Å². The molecule has 0 unspecified atom stereocenters. The number of phenolic OH excluding ortho intramolecular Hbond substituents is 4. The largest absolute Gasteiger partial charge is 0.507 e. The van der Waals surface area contributed by atoms with Gasteiger partial charge in [-0.15, -0.1) is 0 Å². The molecule has 2 heterocycles. The highest BCUT2D eigenvalue weighted by molar-refractivity contribution is 5.94. The van der Waals surface area contributed by atoms with Crippen molar-refractivity contribution in [1.29, 1.82) is 0 Å². The van der Waals surface area contributed by atoms with Crippen LogP contribution >= 0.6 is 0 Å². The molecule has 1 aliphatic rings. The Kier molecular flexibility index (Phi) is 4.94. The topological polar surface area (TPSA) is 167 Å². The van der Waals surface area contributed by atoms with Crippen molar-refractivity contribution >= 4 is 16.9 Å². The Morgan fingerprint density at radius 3 is 2.34 bits per heavy atom. The lowest BCUT2D eigenvalue weighted by atomic mass is 9.85. The first-order chi connectivity index (χ1) is 16.7. The van der Waals surface area contributed by atoms with E-state index in [1.807, 2.05) is 0 Å². The van der Waals surface area contributed by atoms with Crippen LogP contribution in [-0.4, -0.2) is 38.6 Å². The first-order valence-corrected chi connectivity index (χ1v) is 10.3. The molecule has 10 heteroatoms. The van der Waals surface area contributed by atoms with E-state index in [0.717, 1.165) is 18.2 Å². The normalized spacial score (nSPS) is 15.0. The van der Waals surface area contributed by atoms with Gasteiger partial charge in [-0.05, 0) is 35.9 Å². The van der Waals surface area contributed by atoms with Gasteiger partial charge in [0.2, 0.25) is 11.2 Å². The molecule has 0 fully saturated rings. The first-order valence-electron chi connectivity index (χ1n) is 10.3. The maximum atomic E-state index is 13.1. The number of fused-ring (bicyclic) bond motifs is 3. The molecule has 5 rings (SSSR count). The Morgan fingerprint density at radius 2 is 1.66 bits per heavy atom. The first kappa shape index (κ1) is 22.0. The molecule has 3 aromatic carbocycles. The van der Waals surface area contributed by atoms with Gasteiger partial charge in [0.1, 0.15) is 22.5 Å². The fourth-order valence-corrected chi connectivity index (χ4v) is 4.25. The highest BCUT2D eigenvalue weighted by Gasteiger charge is 2.35. The highest BCUT2D eigenvalue weighted by Crippen LogP contribution is 2.48. The summed E-state index contributed by atoms with van der Waals surface area (Å²) in [5.41, 5.74) is -0.322. The van der Waals surface area contributed by atoms with E-state index in [0.29, 0.717) is 5.56 Å². The standard InChI is InChI=1S/C25H18O10/c1-33-17-5-3-10(6-15(17)28)12-8-19(30)34-18-9-16(29)21-22(31)23(32)24(35-25(21)20(12)18)11-2-4-13(26)14(27)7-11/h2-7,9,12,26-29,32H,8H2,1H3/t12-/m0/s1. The van der Waals surface area contributed by atoms with Gasteiger partial charge in [-0.2, -0.15) is 0 Å². The van der Waals surface area contributed by atoms with Crippen molar-refractivity contribution in [1.82, 2.24) is 0 Å². The third kappa shape index (κ3) is 3.43. The van der Waals surface area contributed by atoms with Gasteiger partial charge < -0.3 is 39.4 Å². The quantitative estimate of drug-likeness (QED) is 0.167. The summed E-state index contributed by atoms with van der Waals surface area (Å²) >= 11 is 0. The maximum absolute atomic E-state index is 13.1. The number of carbonyl (C=O) groups is 1. The molecule has 0 saturated carbocycles. The van der Waals surface area contributed by atoms with Crippen LogP contribution in [0.2, 0.25) is 0 Å². The number of carbonyl (C=O) groups excluding carboxylic acids is 1. The van der Waals surface area contributed by atoms with Gasteiger partial charge in [-0.1, -0.05) is 6.07 Å². The van der Waals surface area contributed by atoms with E-state index in [1.165, 1.54) is 25.3 Å². The van der Waals surface area contributed by atoms with Crippen molar-refractivity contribution in [3.05, 3.63) is 63.8 Å². The van der Waals surface area contributed by atoms with Crippen LogP contribution in [0.25, 0.3) is 22.3 Å². The molecule has 5 N–H and O–H groups in total. The van der Waals surface area contributed by atoms with Crippen molar-refractivity contribution in [2.75, 3.05) is 7.11 Å². The number of benzene rings is 3. The molecule has 35 heavy (non-hydrogen) atoms. The molecule has 0 aliphatic carbocycles. The Bertz CT molecular complexity index is 1580. The van der Waals surface area contributed by atoms with Crippen LogP contribution in [0.5, 0.6) is 40.2 Å². The summed E-state index contributed by atoms with van der Waals surface area (Å²) in [7, 11) is 1.39. The number of methoxy groups -OCH3 is 1. The Morgan fingerprint density at radius 1 is 0.886 bits per heavy atom. The van der Waals surface area contributed by atoms with Crippen LogP contribution in [-0.2, 0) is 4.79 Å². The third-order valence-electron chi connectivity index (χ3n) is 5.91. The Balaban J connectivity index is 1.83. The maximum Gasteiger partial charge on any atom is 0.312 e. The van der Waals surface area contributed by atoms with Gasteiger partial charge in [-0.3, -0.25) is 9.59 Å². The molecule has 0 bridgehead atoms. The van der Waals surface area contributed by atoms with E-state index in [9.17, 15) is 35.1 Å². The highest BCUT2D eigenvalue weighted by atomic mass is 16.5. The van der Waals surface area contributed by atoms with Crippen molar-refractivity contribution in [3.8, 4) is 51.6 Å². The van der Waals surface area contributed by atoms with Gasteiger partial charge in [0.25, 0.3) is 0 Å². The van der Waals surface area contributed by atoms with Gasteiger partial charge in [0.15, 0.2) is 28.8 Å². The summed E-state index contributed by atoms with van der Waals surface area (Å²) in [4.78, 5) is 25.4. The predicted molar refractivity (Wildman–Crippen MR) is 121 cm³/mol. The van der Waals surface area contributed by atoms with Crippen LogP contribution in [0.4, 0.5) is 0 Å². The predicted octanol–water partition coefficient (Wildman–Crippen LogP) is 3.44. The molecular weight excluding hydrogens is 460 g/mol. The molecule has 0 radical (unpaired) electrons. The summed E-state index contributed by atoms with van der Waals surface area (Å²) in [6.45, 7) is 0. The molecule has 1 aromatic heterocycles. The Hall–Kier alpha value is -4.86. The van der Waals surface area contributed by atoms with Crippen molar-refractivity contribution in [2.45, 2.75) is 12.3 Å². The summed E-state index contributed by atoms with van der Waals surface area (Å²) in [5, 5.41) is 50.5. The molecule has 0 saturated heterocycles. The molecule has 0 spiro atoms. The average Bonchev–Trinajstić information content (AvgIpc) is 2.82. The monoisotopic (exact) mass is 478 g/mol. The zero-order valence-corrected chi connectivity index (χ0v) is 18.1. The second-order valence-electron chi connectivity index (χ2n) is 7.99. The lowest BCUT2D eigenvalue weighted by Crippen LogP contribution is -2.22. The third-order valence-corrected chi connectivity index (χ3v) is 5.91. The zero-order chi connectivity index (χ0) is 25.0. The van der Waals surface area contributed by atoms with E-state index in [2.05, 4.69) is 0 Å². The molecular formula is C25H18O10. The second kappa shape index (κ2) is 7.87. The fraction of sp³-hybridized carbons (Fsp3) is 0.120. The van der Waals surface area contributed by atoms with Gasteiger partial charge in [-0.25, -0.2) is 0 Å². The zero-order valence-electron chi connectivity index (χ0n) is 18.1. The number of hydrogen-bond acceptors (Lipinski definition) is 10. The molecule has 0 amide bonds. The number of esters is 1. The number of ether oxygens (including phenoxy) is 2. The van der Waals surface area contributed by atoms with Gasteiger partial charge in [0, 0.05) is 23.1 Å². The number of phenols is 4. The second-order valence-corrected chi connectivity index (χ2v) is 7.99. The Labute approximate surface area is 196 Å². The number of hydrogen-bond donors (Lipinski definition) is 5. The van der Waals surface area contributed by atoms with Gasteiger partial charge in [0.05, 0.1) is 13.5 Å². The van der Waals surface area contributed by atoms with Crippen molar-refractivity contribution in [2.24, 2.45) is 0 Å². The van der Waals surface area contributed by atoms with E-state index >= 15 is 0 Å². The van der Waals surface area contributed by atoms with Crippen LogP contribution in [0.15, 0.2) is 51.7 Å². The SMILES string of the molecule is COc1ccc([C@@H]2CC(=O)Oc3cc(O)c4c(=O)c(O)c(-c5ccc(O)c(O)c5)oc4c32)cc1O. The summed E-state index contributed by atoms with van der Waals surface area (Å²) in [6.07, 6.45) is -0.168. The molecule has 178 valence electrons. The van der Waals surface area contributed by atoms with Crippen molar-refractivity contribution in [3.63, 3.8) is 0 Å². The lowest BCUT2D eigenvalue weighted by Gasteiger charge is -2.26. The van der Waals surface area contributed by atoms with Crippen LogP contribution in [0, 0.1) is 0 Å². The van der Waals surface area contributed by atoms with Crippen LogP contribution < -0.4 is 14.9 Å². The molecule has 1 atom stereocenters. The van der Waals surface area contributed by atoms with Crippen molar-refractivity contribution < 1.29 is 44.2 Å². The molecule has 4 aromatic rings. The minimum absolute atomic E-state index is 0.0556. The summed E-state index contributed by atoms with van der Waals surface area (Å²) in [6, 6.07) is 9.19. The van der Waals surface area contributed by atoms with E-state index < -0.39 is 40.3 Å². The molecule has 10 nitrogen and oxygen atoms in total. The smallest absolute Gasteiger partial charge is 0.312 e. The lowest BCUT2D eigenvalue weighted by molar-refractivity contribution is -0.135. The average molecular weight is 478 g/mol. The van der Waals surface area contributed by atoms with Crippen LogP contribution in [0.3, 0.4) is 0 Å². The minimum atomic E-state index is -0.956. The number of rotatable bonds is 3. The fourth-order valence-electron chi connectivity index (χ4n) is 4.25. The minimum Gasteiger partial charge on any atom is -0.507 e. The summed E-state index contributed by atoms with van der Waals surface area (Å²) in [5.74, 6) is -4.04. The number of aromatic hydroxyl groups is 5. The van der Waals surface area contributed by atoms with E-state index in [4.69, 9.17) is 13.9 Å². The van der Waals surface area contributed by atoms with Crippen LogP contribution in [0.1, 0.15) is 23.5 Å². The van der Waals surface area contributed by atoms with E-state index in [-0.39, 0.29) is 51.5 Å². The molecule has 1 aliphatic heterocycles.